The van der Waals surface area contributed by atoms with Crippen LogP contribution < -0.4 is 0 Å². The molecule has 0 saturated carbocycles. The monoisotopic (exact) mass is 283 g/mol. The molecule has 0 radical (unpaired) electrons. The summed E-state index contributed by atoms with van der Waals surface area (Å²) >= 11 is 1.08. The summed E-state index contributed by atoms with van der Waals surface area (Å²) in [5.41, 5.74) is 1.22. The maximum Gasteiger partial charge on any atom is 0.348 e. The van der Waals surface area contributed by atoms with E-state index in [4.69, 9.17) is 0 Å². The van der Waals surface area contributed by atoms with E-state index in [9.17, 15) is 9.90 Å². The quantitative estimate of drug-likeness (QED) is 0.799. The molecule has 2 aromatic heterocycles. The molecule has 6 heteroatoms. The van der Waals surface area contributed by atoms with Gasteiger partial charge in [-0.05, 0) is 6.07 Å². The van der Waals surface area contributed by atoms with Crippen LogP contribution >= 0.6 is 11.3 Å². The number of carbonyl (C=O) groups is 1. The number of nitrogens with zero attached hydrogens (tertiary/aromatic N) is 3. The zero-order valence-corrected chi connectivity index (χ0v) is 11.0. The molecule has 3 aromatic rings. The molecule has 0 spiro atoms. The Bertz CT molecular complexity index is 742. The first kappa shape index (κ1) is 12.4. The van der Waals surface area contributed by atoms with Gasteiger partial charge in [-0.1, -0.05) is 30.3 Å². The van der Waals surface area contributed by atoms with Gasteiger partial charge in [-0.15, -0.1) is 11.3 Å². The van der Waals surface area contributed by atoms with Crippen molar-refractivity contribution in [2.75, 3.05) is 0 Å². The lowest BCUT2D eigenvalue weighted by atomic mass is 10.1. The summed E-state index contributed by atoms with van der Waals surface area (Å²) in [5, 5.41) is 9.82. The van der Waals surface area contributed by atoms with E-state index in [1.54, 1.807) is 18.5 Å². The molecule has 0 saturated heterocycles. The fraction of sp³-hybridized carbons (Fsp3) is 0. The summed E-state index contributed by atoms with van der Waals surface area (Å²) in [6, 6.07) is 10.9. The number of thiazole rings is 1. The van der Waals surface area contributed by atoms with E-state index < -0.39 is 5.97 Å². The second kappa shape index (κ2) is 5.18. The second-order valence-corrected chi connectivity index (χ2v) is 4.94. The fourth-order valence-corrected chi connectivity index (χ4v) is 2.64. The molecule has 0 aliphatic rings. The van der Waals surface area contributed by atoms with E-state index in [-0.39, 0.29) is 4.88 Å². The molecule has 0 aliphatic carbocycles. The topological polar surface area (TPSA) is 76.0 Å². The van der Waals surface area contributed by atoms with Gasteiger partial charge in [0.2, 0.25) is 0 Å². The van der Waals surface area contributed by atoms with Gasteiger partial charge in [0, 0.05) is 18.0 Å². The maximum atomic E-state index is 11.4. The Balaban J connectivity index is 2.15. The van der Waals surface area contributed by atoms with Crippen molar-refractivity contribution in [2.24, 2.45) is 0 Å². The lowest BCUT2D eigenvalue weighted by Gasteiger charge is -1.97. The van der Waals surface area contributed by atoms with Crippen LogP contribution in [0.4, 0.5) is 0 Å². The highest BCUT2D eigenvalue weighted by Gasteiger charge is 2.20. The normalized spacial score (nSPS) is 10.4. The van der Waals surface area contributed by atoms with Gasteiger partial charge in [0.05, 0.1) is 5.69 Å². The van der Waals surface area contributed by atoms with E-state index in [1.807, 2.05) is 30.3 Å². The third-order valence-electron chi connectivity index (χ3n) is 2.63. The minimum absolute atomic E-state index is 0.193. The molecule has 2 heterocycles. The average Bonchev–Trinajstić information content (AvgIpc) is 2.94. The first-order valence-electron chi connectivity index (χ1n) is 5.82. The molecular formula is C14H9N3O2S. The minimum atomic E-state index is -0.997. The first-order valence-corrected chi connectivity index (χ1v) is 6.64. The number of benzene rings is 1. The fourth-order valence-electron chi connectivity index (χ4n) is 1.76. The van der Waals surface area contributed by atoms with Crippen LogP contribution in [0.2, 0.25) is 0 Å². The summed E-state index contributed by atoms with van der Waals surface area (Å²) in [7, 11) is 0. The molecular weight excluding hydrogens is 274 g/mol. The molecule has 0 bridgehead atoms. The van der Waals surface area contributed by atoms with Crippen LogP contribution in [-0.2, 0) is 0 Å². The van der Waals surface area contributed by atoms with Crippen LogP contribution in [0.1, 0.15) is 9.67 Å². The second-order valence-electron chi connectivity index (χ2n) is 3.94. The molecule has 0 unspecified atom stereocenters. The Morgan fingerprint density at radius 2 is 1.75 bits per heavy atom. The Kier molecular flexibility index (Phi) is 3.22. The SMILES string of the molecule is O=C(O)c1sc(-c2ncccn2)nc1-c1ccccc1. The number of carboxylic acid groups (broad SMARTS) is 1. The van der Waals surface area contributed by atoms with E-state index in [0.717, 1.165) is 16.9 Å². The van der Waals surface area contributed by atoms with Crippen molar-refractivity contribution in [1.29, 1.82) is 0 Å². The molecule has 0 fully saturated rings. The smallest absolute Gasteiger partial charge is 0.348 e. The highest BCUT2D eigenvalue weighted by molar-refractivity contribution is 7.17. The Morgan fingerprint density at radius 3 is 2.40 bits per heavy atom. The third-order valence-corrected chi connectivity index (χ3v) is 3.66. The molecule has 0 atom stereocenters. The highest BCUT2D eigenvalue weighted by atomic mass is 32.1. The zero-order valence-electron chi connectivity index (χ0n) is 10.2. The number of hydrogen-bond acceptors (Lipinski definition) is 5. The van der Waals surface area contributed by atoms with Crippen molar-refractivity contribution in [3.05, 3.63) is 53.7 Å². The molecule has 0 aliphatic heterocycles. The number of aromatic carboxylic acids is 1. The summed E-state index contributed by atoms with van der Waals surface area (Å²) < 4.78 is 0. The van der Waals surface area contributed by atoms with Crippen molar-refractivity contribution in [1.82, 2.24) is 15.0 Å². The van der Waals surface area contributed by atoms with E-state index in [2.05, 4.69) is 15.0 Å². The molecule has 1 aromatic carbocycles. The minimum Gasteiger partial charge on any atom is -0.477 e. The van der Waals surface area contributed by atoms with Gasteiger partial charge in [-0.25, -0.2) is 19.7 Å². The van der Waals surface area contributed by atoms with Crippen LogP contribution in [0.3, 0.4) is 0 Å². The molecule has 1 N–H and O–H groups in total. The number of aromatic nitrogens is 3. The Morgan fingerprint density at radius 1 is 1.05 bits per heavy atom. The van der Waals surface area contributed by atoms with Gasteiger partial charge in [0.15, 0.2) is 10.8 Å². The highest BCUT2D eigenvalue weighted by Crippen LogP contribution is 2.32. The van der Waals surface area contributed by atoms with Crippen LogP contribution in [0.15, 0.2) is 48.8 Å². The molecule has 0 amide bonds. The van der Waals surface area contributed by atoms with Crippen LogP contribution in [0.5, 0.6) is 0 Å². The largest absolute Gasteiger partial charge is 0.477 e. The Hall–Kier alpha value is -2.60. The van der Waals surface area contributed by atoms with Crippen LogP contribution in [-0.4, -0.2) is 26.0 Å². The van der Waals surface area contributed by atoms with Crippen molar-refractivity contribution in [3.63, 3.8) is 0 Å². The van der Waals surface area contributed by atoms with Gasteiger partial charge in [-0.3, -0.25) is 0 Å². The summed E-state index contributed by atoms with van der Waals surface area (Å²) in [6.07, 6.45) is 3.21. The van der Waals surface area contributed by atoms with E-state index in [1.165, 1.54) is 0 Å². The standard InChI is InChI=1S/C14H9N3O2S/c18-14(19)11-10(9-5-2-1-3-6-9)17-13(20-11)12-15-7-4-8-16-12/h1-8H,(H,18,19). The van der Waals surface area contributed by atoms with Gasteiger partial charge in [0.1, 0.15) is 4.88 Å². The molecule has 5 nitrogen and oxygen atoms in total. The van der Waals surface area contributed by atoms with Gasteiger partial charge in [-0.2, -0.15) is 0 Å². The zero-order chi connectivity index (χ0) is 13.9. The van der Waals surface area contributed by atoms with Crippen molar-refractivity contribution in [3.8, 4) is 22.1 Å². The number of hydrogen-bond donors (Lipinski definition) is 1. The molecule has 3 rings (SSSR count). The van der Waals surface area contributed by atoms with Gasteiger partial charge < -0.3 is 5.11 Å². The summed E-state index contributed by atoms with van der Waals surface area (Å²) in [5.74, 6) is -0.564. The first-order chi connectivity index (χ1) is 9.75. The van der Waals surface area contributed by atoms with Gasteiger partial charge >= 0.3 is 5.97 Å². The Labute approximate surface area is 118 Å². The third kappa shape index (κ3) is 2.28. The maximum absolute atomic E-state index is 11.4. The predicted octanol–water partition coefficient (Wildman–Crippen LogP) is 2.97. The predicted molar refractivity (Wildman–Crippen MR) is 75.5 cm³/mol. The van der Waals surface area contributed by atoms with E-state index in [0.29, 0.717) is 16.5 Å². The van der Waals surface area contributed by atoms with Gasteiger partial charge in [0.25, 0.3) is 0 Å². The molecule has 98 valence electrons. The van der Waals surface area contributed by atoms with Crippen molar-refractivity contribution >= 4 is 17.3 Å². The summed E-state index contributed by atoms with van der Waals surface area (Å²) in [6.45, 7) is 0. The van der Waals surface area contributed by atoms with Crippen LogP contribution in [0.25, 0.3) is 22.1 Å². The van der Waals surface area contributed by atoms with E-state index >= 15 is 0 Å². The van der Waals surface area contributed by atoms with Crippen molar-refractivity contribution in [2.45, 2.75) is 0 Å². The lowest BCUT2D eigenvalue weighted by molar-refractivity contribution is 0.0702. The summed E-state index contributed by atoms with van der Waals surface area (Å²) in [4.78, 5) is 24.1. The molecule has 20 heavy (non-hydrogen) atoms. The number of rotatable bonds is 3. The van der Waals surface area contributed by atoms with Crippen molar-refractivity contribution < 1.29 is 9.90 Å². The van der Waals surface area contributed by atoms with Crippen LogP contribution in [0, 0.1) is 0 Å². The lowest BCUT2D eigenvalue weighted by Crippen LogP contribution is -1.95. The average molecular weight is 283 g/mol. The number of carboxylic acids is 1.